The molecule has 0 aromatic heterocycles. The second-order valence-corrected chi connectivity index (χ2v) is 9.55. The zero-order valence-corrected chi connectivity index (χ0v) is 18.2. The Morgan fingerprint density at radius 3 is 2.42 bits per heavy atom. The summed E-state index contributed by atoms with van der Waals surface area (Å²) in [5.74, 6) is -0.589. The molecule has 0 aliphatic carbocycles. The van der Waals surface area contributed by atoms with Crippen molar-refractivity contribution in [1.29, 1.82) is 0 Å². The van der Waals surface area contributed by atoms with Crippen LogP contribution in [0.3, 0.4) is 0 Å². The summed E-state index contributed by atoms with van der Waals surface area (Å²) in [7, 11) is -3.72. The van der Waals surface area contributed by atoms with E-state index in [1.165, 1.54) is 23.4 Å². The van der Waals surface area contributed by atoms with Crippen LogP contribution in [-0.2, 0) is 26.0 Å². The third-order valence-corrected chi connectivity index (χ3v) is 7.10. The molecule has 2 amide bonds. The molecule has 1 atom stereocenters. The quantitative estimate of drug-likeness (QED) is 0.604. The molecule has 2 aromatic carbocycles. The smallest absolute Gasteiger partial charge is 0.243 e. The molecule has 1 heterocycles. The average molecular weight is 446 g/mol. The van der Waals surface area contributed by atoms with Crippen molar-refractivity contribution in [3.63, 3.8) is 0 Å². The second kappa shape index (κ2) is 9.93. The largest absolute Gasteiger partial charge is 0.508 e. The molecule has 0 radical (unpaired) electrons. The summed E-state index contributed by atoms with van der Waals surface area (Å²) in [6.07, 6.45) is 1.87. The van der Waals surface area contributed by atoms with Crippen LogP contribution in [0.4, 0.5) is 5.69 Å². The molecule has 3 rings (SSSR count). The Morgan fingerprint density at radius 1 is 1.10 bits per heavy atom. The number of benzene rings is 2. The lowest BCUT2D eigenvalue weighted by molar-refractivity contribution is -0.126. The summed E-state index contributed by atoms with van der Waals surface area (Å²) in [5.41, 5.74) is 1.52. The first-order valence-electron chi connectivity index (χ1n) is 10.2. The second-order valence-electron chi connectivity index (χ2n) is 7.62. The number of piperidine rings is 1. The number of nitrogens with one attached hydrogen (secondary N) is 2. The van der Waals surface area contributed by atoms with Crippen LogP contribution in [0, 0.1) is 5.92 Å². The van der Waals surface area contributed by atoms with E-state index in [-0.39, 0.29) is 29.0 Å². The van der Waals surface area contributed by atoms with E-state index in [1.54, 1.807) is 36.4 Å². The van der Waals surface area contributed by atoms with Gasteiger partial charge in [0, 0.05) is 32.2 Å². The van der Waals surface area contributed by atoms with Crippen LogP contribution in [0.2, 0.25) is 0 Å². The fourth-order valence-electron chi connectivity index (χ4n) is 3.57. The standard InChI is InChI=1S/C22H27N3O5S/c1-16(26)24-19-6-10-21(11-7-19)31(29,30)25-14-2-3-18(15-25)22(28)23-13-12-17-4-8-20(27)9-5-17/h4-11,18,27H,2-3,12-15H2,1H3,(H,23,28)(H,24,26)/t18-/m1/s1. The van der Waals surface area contributed by atoms with Crippen LogP contribution in [0.5, 0.6) is 5.75 Å². The number of carbonyl (C=O) groups excluding carboxylic acids is 2. The summed E-state index contributed by atoms with van der Waals surface area (Å²) >= 11 is 0. The van der Waals surface area contributed by atoms with Crippen molar-refractivity contribution in [2.45, 2.75) is 31.1 Å². The van der Waals surface area contributed by atoms with Crippen LogP contribution >= 0.6 is 0 Å². The minimum atomic E-state index is -3.72. The Labute approximate surface area is 182 Å². The molecule has 8 nitrogen and oxygen atoms in total. The van der Waals surface area contributed by atoms with Crippen LogP contribution in [0.1, 0.15) is 25.3 Å². The minimum Gasteiger partial charge on any atom is -0.508 e. The highest BCUT2D eigenvalue weighted by atomic mass is 32.2. The Kier molecular flexibility index (Phi) is 7.29. The topological polar surface area (TPSA) is 116 Å². The number of sulfonamides is 1. The average Bonchev–Trinajstić information content (AvgIpc) is 2.75. The fourth-order valence-corrected chi connectivity index (χ4v) is 5.10. The SMILES string of the molecule is CC(=O)Nc1ccc(S(=O)(=O)N2CCC[C@@H](C(=O)NCCc3ccc(O)cc3)C2)cc1. The first kappa shape index (κ1) is 22.8. The van der Waals surface area contributed by atoms with Crippen LogP contribution in [-0.4, -0.2) is 49.3 Å². The number of phenols is 1. The van der Waals surface area contributed by atoms with Gasteiger partial charge in [0.05, 0.1) is 10.8 Å². The Balaban J connectivity index is 1.57. The lowest BCUT2D eigenvalue weighted by Crippen LogP contribution is -2.45. The van der Waals surface area contributed by atoms with Crippen molar-refractivity contribution < 1.29 is 23.1 Å². The van der Waals surface area contributed by atoms with E-state index in [0.29, 0.717) is 38.0 Å². The first-order valence-corrected chi connectivity index (χ1v) is 11.6. The van der Waals surface area contributed by atoms with Gasteiger partial charge in [0.25, 0.3) is 0 Å². The van der Waals surface area contributed by atoms with Crippen molar-refractivity contribution >= 4 is 27.5 Å². The number of aromatic hydroxyl groups is 1. The molecule has 1 aliphatic rings. The van der Waals surface area contributed by atoms with Gasteiger partial charge in [0.2, 0.25) is 21.8 Å². The van der Waals surface area contributed by atoms with Crippen molar-refractivity contribution in [3.05, 3.63) is 54.1 Å². The molecular formula is C22H27N3O5S. The number of anilines is 1. The number of nitrogens with zero attached hydrogens (tertiary/aromatic N) is 1. The summed E-state index contributed by atoms with van der Waals surface area (Å²) in [4.78, 5) is 23.8. The van der Waals surface area contributed by atoms with E-state index in [0.717, 1.165) is 5.56 Å². The van der Waals surface area contributed by atoms with Gasteiger partial charge in [-0.05, 0) is 61.2 Å². The van der Waals surface area contributed by atoms with Crippen molar-refractivity contribution in [3.8, 4) is 5.75 Å². The number of amides is 2. The highest BCUT2D eigenvalue weighted by Gasteiger charge is 2.33. The van der Waals surface area contributed by atoms with E-state index in [1.807, 2.05) is 0 Å². The fraction of sp³-hybridized carbons (Fsp3) is 0.364. The summed E-state index contributed by atoms with van der Waals surface area (Å²) in [6, 6.07) is 12.8. The molecular weight excluding hydrogens is 418 g/mol. The van der Waals surface area contributed by atoms with Gasteiger partial charge >= 0.3 is 0 Å². The minimum absolute atomic E-state index is 0.134. The molecule has 0 bridgehead atoms. The molecule has 0 unspecified atom stereocenters. The maximum absolute atomic E-state index is 13.0. The number of rotatable bonds is 7. The summed E-state index contributed by atoms with van der Waals surface area (Å²) in [6.45, 7) is 2.33. The third-order valence-electron chi connectivity index (χ3n) is 5.22. The number of carbonyl (C=O) groups is 2. The predicted octanol–water partition coefficient (Wildman–Crippen LogP) is 2.11. The van der Waals surface area contributed by atoms with Gasteiger partial charge in [0.15, 0.2) is 0 Å². The van der Waals surface area contributed by atoms with Gasteiger partial charge in [-0.15, -0.1) is 0 Å². The van der Waals surface area contributed by atoms with Crippen LogP contribution in [0.15, 0.2) is 53.4 Å². The van der Waals surface area contributed by atoms with Gasteiger partial charge in [-0.3, -0.25) is 9.59 Å². The highest BCUT2D eigenvalue weighted by Crippen LogP contribution is 2.25. The number of phenolic OH excluding ortho intramolecular Hbond substituents is 1. The number of hydrogen-bond acceptors (Lipinski definition) is 5. The molecule has 2 aromatic rings. The van der Waals surface area contributed by atoms with Crippen molar-refractivity contribution in [1.82, 2.24) is 9.62 Å². The molecule has 3 N–H and O–H groups in total. The Morgan fingerprint density at radius 2 is 1.77 bits per heavy atom. The van der Waals surface area contributed by atoms with E-state index >= 15 is 0 Å². The maximum Gasteiger partial charge on any atom is 0.243 e. The van der Waals surface area contributed by atoms with E-state index in [2.05, 4.69) is 10.6 Å². The Bertz CT molecular complexity index is 1020. The van der Waals surface area contributed by atoms with Gasteiger partial charge in [-0.1, -0.05) is 12.1 Å². The van der Waals surface area contributed by atoms with Crippen LogP contribution in [0.25, 0.3) is 0 Å². The lowest BCUT2D eigenvalue weighted by atomic mass is 9.99. The van der Waals surface area contributed by atoms with Gasteiger partial charge in [0.1, 0.15) is 5.75 Å². The van der Waals surface area contributed by atoms with Gasteiger partial charge in [-0.25, -0.2) is 8.42 Å². The summed E-state index contributed by atoms with van der Waals surface area (Å²) < 4.78 is 27.4. The van der Waals surface area contributed by atoms with E-state index in [9.17, 15) is 23.1 Å². The summed E-state index contributed by atoms with van der Waals surface area (Å²) in [5, 5.41) is 14.8. The molecule has 9 heteroatoms. The molecule has 0 saturated carbocycles. The molecule has 1 fully saturated rings. The monoisotopic (exact) mass is 445 g/mol. The molecule has 31 heavy (non-hydrogen) atoms. The lowest BCUT2D eigenvalue weighted by Gasteiger charge is -2.31. The maximum atomic E-state index is 13.0. The van der Waals surface area contributed by atoms with E-state index in [4.69, 9.17) is 0 Å². The number of hydrogen-bond donors (Lipinski definition) is 3. The molecule has 166 valence electrons. The zero-order valence-electron chi connectivity index (χ0n) is 17.4. The van der Waals surface area contributed by atoms with E-state index < -0.39 is 15.9 Å². The normalized spacial score (nSPS) is 17.1. The van der Waals surface area contributed by atoms with Gasteiger partial charge < -0.3 is 15.7 Å². The van der Waals surface area contributed by atoms with Crippen LogP contribution < -0.4 is 10.6 Å². The van der Waals surface area contributed by atoms with Gasteiger partial charge in [-0.2, -0.15) is 4.31 Å². The predicted molar refractivity (Wildman–Crippen MR) is 117 cm³/mol. The molecule has 1 saturated heterocycles. The van der Waals surface area contributed by atoms with Crippen molar-refractivity contribution in [2.75, 3.05) is 25.0 Å². The molecule has 0 spiro atoms. The first-order chi connectivity index (χ1) is 14.8. The zero-order chi connectivity index (χ0) is 22.4. The Hall–Kier alpha value is -2.91. The third kappa shape index (κ3) is 6.05. The van der Waals surface area contributed by atoms with Crippen molar-refractivity contribution in [2.24, 2.45) is 5.92 Å². The molecule has 1 aliphatic heterocycles. The highest BCUT2D eigenvalue weighted by molar-refractivity contribution is 7.89.